The minimum Gasteiger partial charge on any atom is -0.383 e. The number of amides is 1. The van der Waals surface area contributed by atoms with Crippen molar-refractivity contribution in [3.8, 4) is 0 Å². The highest BCUT2D eigenvalue weighted by molar-refractivity contribution is 5.95. The second-order valence-corrected chi connectivity index (χ2v) is 6.64. The van der Waals surface area contributed by atoms with Crippen LogP contribution in [0.5, 0.6) is 0 Å². The molecular weight excluding hydrogens is 378 g/mol. The maximum Gasteiger partial charge on any atom is 0.293 e. The molecule has 0 atom stereocenters. The van der Waals surface area contributed by atoms with Gasteiger partial charge >= 0.3 is 0 Å². The molecule has 3 rings (SSSR count). The molecule has 0 bridgehead atoms. The van der Waals surface area contributed by atoms with Gasteiger partial charge in [-0.05, 0) is 37.1 Å². The third-order valence-electron chi connectivity index (χ3n) is 4.70. The smallest absolute Gasteiger partial charge is 0.293 e. The van der Waals surface area contributed by atoms with Gasteiger partial charge in [-0.25, -0.2) is 0 Å². The number of non-ortho nitro benzene ring substituents is 1. The lowest BCUT2D eigenvalue weighted by Gasteiger charge is -2.17. The molecule has 1 aliphatic heterocycles. The first-order chi connectivity index (χ1) is 14.0. The first-order valence-electron chi connectivity index (χ1n) is 9.25. The third kappa shape index (κ3) is 4.98. The van der Waals surface area contributed by atoms with Crippen LogP contribution < -0.4 is 15.5 Å². The Kier molecular flexibility index (Phi) is 6.22. The Hall–Kier alpha value is -3.69. The van der Waals surface area contributed by atoms with Crippen LogP contribution in [-0.4, -0.2) is 41.9 Å². The summed E-state index contributed by atoms with van der Waals surface area (Å²) in [7, 11) is 0. The first kappa shape index (κ1) is 20.1. The Labute approximate surface area is 166 Å². The normalized spacial score (nSPS) is 13.2. The van der Waals surface area contributed by atoms with Crippen molar-refractivity contribution in [2.45, 2.75) is 12.8 Å². The molecule has 2 aromatic carbocycles. The van der Waals surface area contributed by atoms with Crippen LogP contribution in [0.15, 0.2) is 42.5 Å². The van der Waals surface area contributed by atoms with Gasteiger partial charge in [0.15, 0.2) is 0 Å². The number of carbonyl (C=O) groups excluding carboxylic acids is 1. The average molecular weight is 399 g/mol. The lowest BCUT2D eigenvalue weighted by Crippen LogP contribution is -2.29. The quantitative estimate of drug-likeness (QED) is 0.396. The van der Waals surface area contributed by atoms with Crippen molar-refractivity contribution in [3.05, 3.63) is 68.3 Å². The molecule has 0 aliphatic carbocycles. The Bertz CT molecular complexity index is 910. The van der Waals surface area contributed by atoms with E-state index in [1.807, 2.05) is 4.90 Å². The van der Waals surface area contributed by atoms with E-state index in [1.54, 1.807) is 24.3 Å². The summed E-state index contributed by atoms with van der Waals surface area (Å²) in [5, 5.41) is 27.8. The zero-order valence-electron chi connectivity index (χ0n) is 15.7. The Morgan fingerprint density at radius 1 is 0.966 bits per heavy atom. The molecule has 1 fully saturated rings. The van der Waals surface area contributed by atoms with Crippen LogP contribution in [0.2, 0.25) is 0 Å². The fourth-order valence-electron chi connectivity index (χ4n) is 3.22. The van der Waals surface area contributed by atoms with Crippen LogP contribution in [-0.2, 0) is 0 Å². The fraction of sp³-hybridized carbons (Fsp3) is 0.316. The van der Waals surface area contributed by atoms with E-state index in [2.05, 4.69) is 10.6 Å². The Balaban J connectivity index is 1.55. The van der Waals surface area contributed by atoms with Gasteiger partial charge in [-0.2, -0.15) is 0 Å². The van der Waals surface area contributed by atoms with Crippen molar-refractivity contribution in [1.29, 1.82) is 0 Å². The molecule has 10 nitrogen and oxygen atoms in total. The lowest BCUT2D eigenvalue weighted by atomic mass is 10.1. The number of nitro groups is 2. The maximum atomic E-state index is 12.3. The zero-order chi connectivity index (χ0) is 20.8. The van der Waals surface area contributed by atoms with Crippen molar-refractivity contribution in [3.63, 3.8) is 0 Å². The van der Waals surface area contributed by atoms with Gasteiger partial charge in [0.25, 0.3) is 17.3 Å². The second kappa shape index (κ2) is 9.00. The van der Waals surface area contributed by atoms with Gasteiger partial charge in [-0.3, -0.25) is 25.0 Å². The number of nitro benzene ring substituents is 2. The van der Waals surface area contributed by atoms with Crippen molar-refractivity contribution >= 4 is 28.7 Å². The summed E-state index contributed by atoms with van der Waals surface area (Å²) in [4.78, 5) is 35.4. The summed E-state index contributed by atoms with van der Waals surface area (Å²) in [6.45, 7) is 2.25. The van der Waals surface area contributed by atoms with Crippen LogP contribution in [0.25, 0.3) is 0 Å². The molecule has 10 heteroatoms. The van der Waals surface area contributed by atoms with E-state index in [1.165, 1.54) is 18.2 Å². The minimum atomic E-state index is -0.474. The van der Waals surface area contributed by atoms with E-state index in [-0.39, 0.29) is 23.5 Å². The van der Waals surface area contributed by atoms with Crippen LogP contribution in [0, 0.1) is 20.2 Å². The predicted molar refractivity (Wildman–Crippen MR) is 108 cm³/mol. The number of rotatable bonds is 8. The monoisotopic (exact) mass is 399 g/mol. The van der Waals surface area contributed by atoms with E-state index in [0.29, 0.717) is 17.9 Å². The number of anilines is 2. The van der Waals surface area contributed by atoms with Crippen LogP contribution in [0.1, 0.15) is 23.2 Å². The summed E-state index contributed by atoms with van der Waals surface area (Å²) in [5.74, 6) is -0.397. The van der Waals surface area contributed by atoms with Gasteiger partial charge in [-0.1, -0.05) is 0 Å². The molecule has 0 spiro atoms. The highest BCUT2D eigenvalue weighted by Gasteiger charge is 2.23. The van der Waals surface area contributed by atoms with Crippen molar-refractivity contribution in [2.75, 3.05) is 36.4 Å². The Morgan fingerprint density at radius 2 is 1.66 bits per heavy atom. The predicted octanol–water partition coefficient (Wildman–Crippen LogP) is 2.95. The molecule has 2 aromatic rings. The van der Waals surface area contributed by atoms with Gasteiger partial charge in [0.2, 0.25) is 0 Å². The van der Waals surface area contributed by atoms with Crippen molar-refractivity contribution in [1.82, 2.24) is 5.32 Å². The molecule has 1 saturated heterocycles. The van der Waals surface area contributed by atoms with E-state index >= 15 is 0 Å². The highest BCUT2D eigenvalue weighted by Crippen LogP contribution is 2.31. The van der Waals surface area contributed by atoms with Crippen LogP contribution >= 0.6 is 0 Å². The average Bonchev–Trinajstić information content (AvgIpc) is 3.25. The van der Waals surface area contributed by atoms with Crippen LogP contribution in [0.4, 0.5) is 22.7 Å². The molecular formula is C19H21N5O5. The Morgan fingerprint density at radius 3 is 2.28 bits per heavy atom. The summed E-state index contributed by atoms with van der Waals surface area (Å²) < 4.78 is 0. The molecule has 0 unspecified atom stereocenters. The maximum absolute atomic E-state index is 12.3. The van der Waals surface area contributed by atoms with Crippen LogP contribution in [0.3, 0.4) is 0 Å². The van der Waals surface area contributed by atoms with E-state index in [4.69, 9.17) is 0 Å². The van der Waals surface area contributed by atoms with E-state index < -0.39 is 15.8 Å². The van der Waals surface area contributed by atoms with Gasteiger partial charge in [0.05, 0.1) is 9.85 Å². The second-order valence-electron chi connectivity index (χ2n) is 6.64. The first-order valence-corrected chi connectivity index (χ1v) is 9.25. The number of benzene rings is 2. The summed E-state index contributed by atoms with van der Waals surface area (Å²) in [6.07, 6.45) is 2.00. The van der Waals surface area contributed by atoms with E-state index in [0.717, 1.165) is 25.9 Å². The van der Waals surface area contributed by atoms with Gasteiger partial charge in [0, 0.05) is 55.6 Å². The largest absolute Gasteiger partial charge is 0.383 e. The molecule has 0 aromatic heterocycles. The summed E-state index contributed by atoms with van der Waals surface area (Å²) in [6, 6.07) is 10.5. The molecule has 29 heavy (non-hydrogen) atoms. The molecule has 2 N–H and O–H groups in total. The molecule has 0 radical (unpaired) electrons. The SMILES string of the molecule is O=C(NCCNc1ccc([N+](=O)[O-])cc1)c1ccc(N2CCCC2)c([N+](=O)[O-])c1. The number of nitrogens with zero attached hydrogens (tertiary/aromatic N) is 3. The molecule has 1 amide bonds. The summed E-state index contributed by atoms with van der Waals surface area (Å²) >= 11 is 0. The zero-order valence-corrected chi connectivity index (χ0v) is 15.7. The van der Waals surface area contributed by atoms with Gasteiger partial charge in [0.1, 0.15) is 5.69 Å². The van der Waals surface area contributed by atoms with Crippen molar-refractivity contribution < 1.29 is 14.6 Å². The molecule has 0 saturated carbocycles. The van der Waals surface area contributed by atoms with Crippen molar-refractivity contribution in [2.24, 2.45) is 0 Å². The standard InChI is InChI=1S/C19H21N5O5/c25-19(21-10-9-20-15-4-6-16(7-5-15)23(26)27)14-3-8-17(18(13-14)24(28)29)22-11-1-2-12-22/h3-8,13,20H,1-2,9-12H2,(H,21,25). The summed E-state index contributed by atoms with van der Waals surface area (Å²) in [5.41, 5.74) is 1.40. The van der Waals surface area contributed by atoms with Gasteiger partial charge in [-0.15, -0.1) is 0 Å². The molecule has 1 aliphatic rings. The number of hydrogen-bond acceptors (Lipinski definition) is 7. The molecule has 1 heterocycles. The third-order valence-corrected chi connectivity index (χ3v) is 4.70. The topological polar surface area (TPSA) is 131 Å². The minimum absolute atomic E-state index is 0.00262. The fourth-order valence-corrected chi connectivity index (χ4v) is 3.22. The molecule has 152 valence electrons. The lowest BCUT2D eigenvalue weighted by molar-refractivity contribution is -0.384. The number of nitrogens with one attached hydrogen (secondary N) is 2. The highest BCUT2D eigenvalue weighted by atomic mass is 16.6. The number of carbonyl (C=O) groups is 1. The number of hydrogen-bond donors (Lipinski definition) is 2. The van der Waals surface area contributed by atoms with E-state index in [9.17, 15) is 25.0 Å². The van der Waals surface area contributed by atoms with Gasteiger partial charge < -0.3 is 15.5 Å².